The number of nitrogens with zero attached hydrogens (tertiary/aromatic N) is 3. The van der Waals surface area contributed by atoms with Crippen LogP contribution in [0.3, 0.4) is 0 Å². The van der Waals surface area contributed by atoms with Crippen LogP contribution in [0.25, 0.3) is 0 Å². The molecule has 1 heterocycles. The molecule has 108 valence electrons. The van der Waals surface area contributed by atoms with Gasteiger partial charge in [-0.2, -0.15) is 0 Å². The van der Waals surface area contributed by atoms with Crippen molar-refractivity contribution in [2.45, 2.75) is 71.9 Å². The third kappa shape index (κ3) is 2.69. The van der Waals surface area contributed by atoms with E-state index in [4.69, 9.17) is 0 Å². The molecule has 1 fully saturated rings. The lowest BCUT2D eigenvalue weighted by molar-refractivity contribution is -0.102. The van der Waals surface area contributed by atoms with Crippen molar-refractivity contribution in [1.29, 1.82) is 0 Å². The van der Waals surface area contributed by atoms with Gasteiger partial charge in [-0.05, 0) is 30.6 Å². The fourth-order valence-corrected chi connectivity index (χ4v) is 3.58. The van der Waals surface area contributed by atoms with Crippen LogP contribution in [0.15, 0.2) is 6.20 Å². The van der Waals surface area contributed by atoms with Gasteiger partial charge in [-0.25, -0.2) is 4.68 Å². The van der Waals surface area contributed by atoms with Crippen molar-refractivity contribution in [3.05, 3.63) is 11.9 Å². The molecule has 2 unspecified atom stereocenters. The topological polar surface area (TPSA) is 50.9 Å². The molecule has 1 aromatic heterocycles. The molecule has 1 saturated carbocycles. The molecule has 0 aromatic carbocycles. The first kappa shape index (κ1) is 14.5. The lowest BCUT2D eigenvalue weighted by atomic mass is 9.63. The predicted octanol–water partition coefficient (Wildman–Crippen LogP) is 3.11. The minimum atomic E-state index is -0.769. The summed E-state index contributed by atoms with van der Waals surface area (Å²) in [5.74, 6) is 0.267. The fourth-order valence-electron chi connectivity index (χ4n) is 3.58. The molecule has 4 heteroatoms. The highest BCUT2D eigenvalue weighted by atomic mass is 16.3. The van der Waals surface area contributed by atoms with Gasteiger partial charge in [0.05, 0.1) is 11.9 Å². The van der Waals surface area contributed by atoms with Crippen molar-refractivity contribution < 1.29 is 5.11 Å². The smallest absolute Gasteiger partial charge is 0.111 e. The fraction of sp³-hybridized carbons (Fsp3) is 0.867. The van der Waals surface area contributed by atoms with Gasteiger partial charge in [0.1, 0.15) is 5.60 Å². The maximum Gasteiger partial charge on any atom is 0.111 e. The molecule has 0 saturated heterocycles. The monoisotopic (exact) mass is 265 g/mol. The van der Waals surface area contributed by atoms with Gasteiger partial charge in [0.25, 0.3) is 0 Å². The molecule has 0 bridgehead atoms. The minimum Gasteiger partial charge on any atom is -0.383 e. The molecule has 0 amide bonds. The molecule has 1 aliphatic carbocycles. The molecule has 4 nitrogen and oxygen atoms in total. The van der Waals surface area contributed by atoms with E-state index in [1.54, 1.807) is 6.20 Å². The third-order valence-corrected chi connectivity index (χ3v) is 4.42. The SMILES string of the molecule is CCCn1nncc1C1(O)CCCCC1C(C)(C)C. The van der Waals surface area contributed by atoms with Crippen molar-refractivity contribution >= 4 is 0 Å². The summed E-state index contributed by atoms with van der Waals surface area (Å²) in [4.78, 5) is 0. The third-order valence-electron chi connectivity index (χ3n) is 4.42. The molecule has 19 heavy (non-hydrogen) atoms. The first-order valence-electron chi connectivity index (χ1n) is 7.51. The summed E-state index contributed by atoms with van der Waals surface area (Å²) >= 11 is 0. The first-order valence-corrected chi connectivity index (χ1v) is 7.51. The van der Waals surface area contributed by atoms with Crippen LogP contribution < -0.4 is 0 Å². The lowest BCUT2D eigenvalue weighted by Gasteiger charge is -2.46. The van der Waals surface area contributed by atoms with Crippen molar-refractivity contribution in [2.75, 3.05) is 0 Å². The summed E-state index contributed by atoms with van der Waals surface area (Å²) in [6, 6.07) is 0. The second-order valence-electron chi connectivity index (χ2n) is 6.93. The molecule has 0 spiro atoms. The Balaban J connectivity index is 2.39. The highest BCUT2D eigenvalue weighted by Gasteiger charge is 2.47. The highest BCUT2D eigenvalue weighted by Crippen LogP contribution is 2.49. The molecule has 2 atom stereocenters. The summed E-state index contributed by atoms with van der Waals surface area (Å²) in [6.45, 7) is 9.62. The van der Waals surface area contributed by atoms with Crippen molar-refractivity contribution in [1.82, 2.24) is 15.0 Å². The quantitative estimate of drug-likeness (QED) is 0.913. The zero-order valence-corrected chi connectivity index (χ0v) is 12.7. The van der Waals surface area contributed by atoms with E-state index in [0.717, 1.165) is 37.9 Å². The van der Waals surface area contributed by atoms with E-state index in [0.29, 0.717) is 0 Å². The maximum absolute atomic E-state index is 11.3. The number of aromatic nitrogens is 3. The lowest BCUT2D eigenvalue weighted by Crippen LogP contribution is -2.45. The summed E-state index contributed by atoms with van der Waals surface area (Å²) in [5, 5.41) is 19.5. The summed E-state index contributed by atoms with van der Waals surface area (Å²) in [6.07, 6.45) is 6.97. The normalized spacial score (nSPS) is 28.6. The van der Waals surface area contributed by atoms with Gasteiger partial charge in [0.15, 0.2) is 0 Å². The van der Waals surface area contributed by atoms with Crippen LogP contribution in [0.1, 0.15) is 65.5 Å². The molecular weight excluding hydrogens is 238 g/mol. The van der Waals surface area contributed by atoms with E-state index in [2.05, 4.69) is 38.0 Å². The van der Waals surface area contributed by atoms with E-state index < -0.39 is 5.60 Å². The Kier molecular flexibility index (Phi) is 4.00. The van der Waals surface area contributed by atoms with Crippen LogP contribution in [0.5, 0.6) is 0 Å². The molecule has 1 N–H and O–H groups in total. The molecule has 1 aromatic rings. The van der Waals surface area contributed by atoms with Crippen molar-refractivity contribution in [3.8, 4) is 0 Å². The number of hydrogen-bond acceptors (Lipinski definition) is 3. The highest BCUT2D eigenvalue weighted by molar-refractivity contribution is 5.13. The maximum atomic E-state index is 11.3. The van der Waals surface area contributed by atoms with E-state index in [1.807, 2.05) is 4.68 Å². The van der Waals surface area contributed by atoms with Gasteiger partial charge in [0, 0.05) is 6.54 Å². The Morgan fingerprint density at radius 3 is 2.79 bits per heavy atom. The zero-order valence-electron chi connectivity index (χ0n) is 12.7. The Morgan fingerprint density at radius 1 is 1.42 bits per heavy atom. The Bertz CT molecular complexity index is 421. The standard InChI is InChI=1S/C15H27N3O/c1-5-10-18-13(11-16-17-18)15(19)9-7-6-8-12(15)14(2,3)4/h11-12,19H,5-10H2,1-4H3. The summed E-state index contributed by atoms with van der Waals surface area (Å²) < 4.78 is 1.89. The molecule has 1 aliphatic rings. The molecule has 0 aliphatic heterocycles. The van der Waals surface area contributed by atoms with Crippen LogP contribution in [-0.2, 0) is 12.1 Å². The average Bonchev–Trinajstić information content (AvgIpc) is 2.77. The first-order chi connectivity index (χ1) is 8.89. The average molecular weight is 265 g/mol. The number of aliphatic hydroxyl groups is 1. The second-order valence-corrected chi connectivity index (χ2v) is 6.93. The second kappa shape index (κ2) is 5.23. The minimum absolute atomic E-state index is 0.0937. The molecule has 0 radical (unpaired) electrons. The molecule has 2 rings (SSSR count). The van der Waals surface area contributed by atoms with Crippen molar-refractivity contribution in [3.63, 3.8) is 0 Å². The van der Waals surface area contributed by atoms with E-state index in [-0.39, 0.29) is 11.3 Å². The Morgan fingerprint density at radius 2 is 2.16 bits per heavy atom. The largest absolute Gasteiger partial charge is 0.383 e. The van der Waals surface area contributed by atoms with Gasteiger partial charge in [0.2, 0.25) is 0 Å². The van der Waals surface area contributed by atoms with Gasteiger partial charge < -0.3 is 5.11 Å². The van der Waals surface area contributed by atoms with Crippen LogP contribution in [0.4, 0.5) is 0 Å². The van der Waals surface area contributed by atoms with Crippen molar-refractivity contribution in [2.24, 2.45) is 11.3 Å². The van der Waals surface area contributed by atoms with Gasteiger partial charge in [-0.15, -0.1) is 5.10 Å². The Labute approximate surface area is 116 Å². The number of hydrogen-bond donors (Lipinski definition) is 1. The van der Waals surface area contributed by atoms with Gasteiger partial charge >= 0.3 is 0 Å². The summed E-state index contributed by atoms with van der Waals surface area (Å²) in [7, 11) is 0. The van der Waals surface area contributed by atoms with E-state index in [1.165, 1.54) is 6.42 Å². The predicted molar refractivity (Wildman–Crippen MR) is 75.6 cm³/mol. The van der Waals surface area contributed by atoms with Crippen LogP contribution in [-0.4, -0.2) is 20.1 Å². The summed E-state index contributed by atoms with van der Waals surface area (Å²) in [5.41, 5.74) is 0.236. The van der Waals surface area contributed by atoms with Gasteiger partial charge in [-0.3, -0.25) is 0 Å². The number of aryl methyl sites for hydroxylation is 1. The van der Waals surface area contributed by atoms with E-state index >= 15 is 0 Å². The number of rotatable bonds is 3. The molecular formula is C15H27N3O. The van der Waals surface area contributed by atoms with Crippen LogP contribution >= 0.6 is 0 Å². The van der Waals surface area contributed by atoms with Crippen LogP contribution in [0, 0.1) is 11.3 Å². The van der Waals surface area contributed by atoms with Gasteiger partial charge in [-0.1, -0.05) is 45.7 Å². The Hall–Kier alpha value is -0.900. The van der Waals surface area contributed by atoms with E-state index in [9.17, 15) is 5.11 Å². The zero-order chi connectivity index (χ0) is 14.1. The van der Waals surface area contributed by atoms with Crippen LogP contribution in [0.2, 0.25) is 0 Å².